The fraction of sp³-hybridized carbons (Fsp3) is 0.0500. The fourth-order valence-electron chi connectivity index (χ4n) is 10.7. The van der Waals surface area contributed by atoms with Crippen LogP contribution in [0.1, 0.15) is 25.0 Å². The lowest BCUT2D eigenvalue weighted by Crippen LogP contribution is -2.16. The van der Waals surface area contributed by atoms with Gasteiger partial charge in [0.2, 0.25) is 0 Å². The van der Waals surface area contributed by atoms with Gasteiger partial charge in [-0.1, -0.05) is 141 Å². The van der Waals surface area contributed by atoms with Crippen LogP contribution < -0.4 is 0 Å². The molecule has 5 nitrogen and oxygen atoms in total. The summed E-state index contributed by atoms with van der Waals surface area (Å²) in [6, 6.07) is 66.6. The maximum Gasteiger partial charge on any atom is 0.164 e. The number of hydrogen-bond donors (Lipinski definition) is 0. The number of rotatable bonds is 5. The van der Waals surface area contributed by atoms with Gasteiger partial charge in [-0.25, -0.2) is 15.0 Å². The molecule has 0 saturated carbocycles. The molecule has 4 aromatic heterocycles. The Balaban J connectivity index is 0.953. The van der Waals surface area contributed by atoms with Crippen molar-refractivity contribution in [2.75, 3.05) is 0 Å². The molecule has 310 valence electrons. The number of nitrogens with zero attached hydrogens (tertiary/aromatic N) is 3. The molecular weight excluding hydrogens is 827 g/mol. The summed E-state index contributed by atoms with van der Waals surface area (Å²) in [6.07, 6.45) is 0. The Morgan fingerprint density at radius 2 is 0.909 bits per heavy atom. The zero-order valence-corrected chi connectivity index (χ0v) is 36.8. The minimum absolute atomic E-state index is 0.123. The maximum atomic E-state index is 6.63. The lowest BCUT2D eigenvalue weighted by molar-refractivity contribution is 0.662. The summed E-state index contributed by atoms with van der Waals surface area (Å²) < 4.78 is 15.5. The summed E-state index contributed by atoms with van der Waals surface area (Å²) in [5, 5.41) is 6.36. The average Bonchev–Trinajstić information content (AvgIpc) is 4.11. The lowest BCUT2D eigenvalue weighted by atomic mass is 9.78. The van der Waals surface area contributed by atoms with Gasteiger partial charge in [-0.05, 0) is 105 Å². The molecular formula is C60H37N3O2S. The van der Waals surface area contributed by atoms with Crippen molar-refractivity contribution in [2.24, 2.45) is 0 Å². The van der Waals surface area contributed by atoms with Crippen molar-refractivity contribution in [3.8, 4) is 67.5 Å². The van der Waals surface area contributed by atoms with E-state index in [0.717, 1.165) is 71.7 Å². The fourth-order valence-corrected chi connectivity index (χ4v) is 11.8. The standard InChI is InChI=1S/C60H37N3O2S/c1-60(2)47-22-6-3-15-39(47)41-19-10-18-38(56(41)60)36-14-9-13-34(31-36)35-27-29-49-46(32-35)55-44(21-12-25-51(55)65-49)59-62-57(37-28-30-53-45(33-37)40-16-5-8-26-52(40)66-53)61-58(63-59)43-20-11-24-50-54(43)42-17-4-7-23-48(42)64-50/h3-33H,1-2H3. The molecule has 4 heterocycles. The topological polar surface area (TPSA) is 65.0 Å². The van der Waals surface area contributed by atoms with Gasteiger partial charge in [-0.3, -0.25) is 0 Å². The van der Waals surface area contributed by atoms with Crippen LogP contribution >= 0.6 is 11.3 Å². The van der Waals surface area contributed by atoms with Gasteiger partial charge in [0, 0.05) is 63.8 Å². The molecule has 1 aliphatic carbocycles. The predicted molar refractivity (Wildman–Crippen MR) is 272 cm³/mol. The van der Waals surface area contributed by atoms with E-state index in [1.807, 2.05) is 42.5 Å². The van der Waals surface area contributed by atoms with Crippen LogP contribution in [-0.4, -0.2) is 15.0 Å². The van der Waals surface area contributed by atoms with E-state index < -0.39 is 0 Å². The minimum atomic E-state index is -0.123. The largest absolute Gasteiger partial charge is 0.456 e. The molecule has 0 fully saturated rings. The van der Waals surface area contributed by atoms with Crippen LogP contribution in [0.25, 0.3) is 132 Å². The molecule has 0 bridgehead atoms. The van der Waals surface area contributed by atoms with Crippen LogP contribution in [0.3, 0.4) is 0 Å². The average molecular weight is 864 g/mol. The predicted octanol–water partition coefficient (Wildman–Crippen LogP) is 16.7. The van der Waals surface area contributed by atoms with Gasteiger partial charge in [0.1, 0.15) is 22.3 Å². The van der Waals surface area contributed by atoms with Crippen LogP contribution in [0.5, 0.6) is 0 Å². The molecule has 0 radical (unpaired) electrons. The number of aromatic nitrogens is 3. The van der Waals surface area contributed by atoms with E-state index in [0.29, 0.717) is 17.5 Å². The summed E-state index contributed by atoms with van der Waals surface area (Å²) in [6.45, 7) is 4.70. The van der Waals surface area contributed by atoms with Gasteiger partial charge in [-0.15, -0.1) is 11.3 Å². The molecule has 6 heteroatoms. The van der Waals surface area contributed by atoms with Crippen molar-refractivity contribution in [1.82, 2.24) is 15.0 Å². The first-order chi connectivity index (χ1) is 32.4. The van der Waals surface area contributed by atoms with Gasteiger partial charge in [0.05, 0.1) is 0 Å². The van der Waals surface area contributed by atoms with Gasteiger partial charge in [0.25, 0.3) is 0 Å². The van der Waals surface area contributed by atoms with Crippen LogP contribution in [0, 0.1) is 0 Å². The van der Waals surface area contributed by atoms with Gasteiger partial charge >= 0.3 is 0 Å². The number of thiophene rings is 1. The molecule has 1 aliphatic rings. The first-order valence-corrected chi connectivity index (χ1v) is 23.1. The Morgan fingerprint density at radius 3 is 1.74 bits per heavy atom. The summed E-state index contributed by atoms with van der Waals surface area (Å²) >= 11 is 1.80. The highest BCUT2D eigenvalue weighted by Gasteiger charge is 2.37. The van der Waals surface area contributed by atoms with E-state index in [1.165, 1.54) is 53.6 Å². The monoisotopic (exact) mass is 863 g/mol. The second kappa shape index (κ2) is 13.9. The number of para-hydroxylation sites is 1. The normalized spacial score (nSPS) is 13.1. The van der Waals surface area contributed by atoms with E-state index in [2.05, 4.69) is 159 Å². The number of furan rings is 2. The van der Waals surface area contributed by atoms with Crippen molar-refractivity contribution >= 4 is 75.4 Å². The third kappa shape index (κ3) is 5.49. The zero-order chi connectivity index (χ0) is 43.7. The number of hydrogen-bond acceptors (Lipinski definition) is 6. The highest BCUT2D eigenvalue weighted by Crippen LogP contribution is 2.52. The van der Waals surface area contributed by atoms with Crippen LogP contribution in [-0.2, 0) is 5.41 Å². The molecule has 0 aliphatic heterocycles. The van der Waals surface area contributed by atoms with Crippen molar-refractivity contribution in [1.29, 1.82) is 0 Å². The van der Waals surface area contributed by atoms with Gasteiger partial charge in [0.15, 0.2) is 17.5 Å². The summed E-state index contributed by atoms with van der Waals surface area (Å²) in [5.41, 5.74) is 15.8. The summed E-state index contributed by atoms with van der Waals surface area (Å²) in [4.78, 5) is 16.0. The Hall–Kier alpha value is -8.19. The molecule has 0 amide bonds. The third-order valence-electron chi connectivity index (χ3n) is 13.7. The van der Waals surface area contributed by atoms with Crippen molar-refractivity contribution in [3.63, 3.8) is 0 Å². The van der Waals surface area contributed by atoms with Gasteiger partial charge < -0.3 is 8.83 Å². The molecule has 0 saturated heterocycles. The van der Waals surface area contributed by atoms with Crippen molar-refractivity contribution in [2.45, 2.75) is 19.3 Å². The molecule has 14 rings (SSSR count). The van der Waals surface area contributed by atoms with E-state index in [1.54, 1.807) is 11.3 Å². The smallest absolute Gasteiger partial charge is 0.164 e. The Bertz CT molecular complexity index is 4170. The Kier molecular flexibility index (Phi) is 7.84. The van der Waals surface area contributed by atoms with E-state index in [-0.39, 0.29) is 5.41 Å². The molecule has 0 atom stereocenters. The lowest BCUT2D eigenvalue weighted by Gasteiger charge is -2.24. The maximum absolute atomic E-state index is 6.63. The first-order valence-electron chi connectivity index (χ1n) is 22.3. The second-order valence-electron chi connectivity index (χ2n) is 17.9. The molecule has 0 spiro atoms. The van der Waals surface area contributed by atoms with Crippen LogP contribution in [0.15, 0.2) is 197 Å². The quantitative estimate of drug-likeness (QED) is 0.172. The van der Waals surface area contributed by atoms with Crippen molar-refractivity contribution in [3.05, 3.63) is 199 Å². The highest BCUT2D eigenvalue weighted by molar-refractivity contribution is 7.25. The first kappa shape index (κ1) is 37.2. The summed E-state index contributed by atoms with van der Waals surface area (Å²) in [5.74, 6) is 1.73. The molecule has 0 N–H and O–H groups in total. The minimum Gasteiger partial charge on any atom is -0.456 e. The highest BCUT2D eigenvalue weighted by atomic mass is 32.1. The molecule has 13 aromatic rings. The van der Waals surface area contributed by atoms with E-state index in [9.17, 15) is 0 Å². The van der Waals surface area contributed by atoms with E-state index >= 15 is 0 Å². The third-order valence-corrected chi connectivity index (χ3v) is 14.9. The summed E-state index contributed by atoms with van der Waals surface area (Å²) in [7, 11) is 0. The Morgan fingerprint density at radius 1 is 0.364 bits per heavy atom. The van der Waals surface area contributed by atoms with Crippen LogP contribution in [0.2, 0.25) is 0 Å². The number of fused-ring (bicyclic) bond motifs is 12. The molecule has 66 heavy (non-hydrogen) atoms. The Labute approximate surface area is 383 Å². The van der Waals surface area contributed by atoms with Gasteiger partial charge in [-0.2, -0.15) is 0 Å². The molecule has 9 aromatic carbocycles. The zero-order valence-electron chi connectivity index (χ0n) is 36.0. The molecule has 0 unspecified atom stereocenters. The van der Waals surface area contributed by atoms with Crippen LogP contribution in [0.4, 0.5) is 0 Å². The van der Waals surface area contributed by atoms with E-state index in [4.69, 9.17) is 23.8 Å². The van der Waals surface area contributed by atoms with Crippen molar-refractivity contribution < 1.29 is 8.83 Å². The SMILES string of the molecule is CC1(C)c2ccccc2-c2cccc(-c3cccc(-c4ccc5oc6cccc(-c7nc(-c8ccc9sc%10ccccc%10c9c8)nc(-c8cccc9oc%10ccccc%10c89)n7)c6c5c4)c3)c21. The second-order valence-corrected chi connectivity index (χ2v) is 18.9. The number of benzene rings is 9.